The van der Waals surface area contributed by atoms with E-state index in [1.807, 2.05) is 0 Å². The van der Waals surface area contributed by atoms with Gasteiger partial charge < -0.3 is 10.1 Å². The molecule has 7 nitrogen and oxygen atoms in total. The van der Waals surface area contributed by atoms with Crippen molar-refractivity contribution >= 4 is 45.8 Å². The Morgan fingerprint density at radius 3 is 2.71 bits per heavy atom. The molecule has 0 radical (unpaired) electrons. The van der Waals surface area contributed by atoms with Crippen molar-refractivity contribution in [2.24, 2.45) is 17.0 Å². The molecule has 38 heavy (non-hydrogen) atoms. The van der Waals surface area contributed by atoms with Gasteiger partial charge in [0.15, 0.2) is 0 Å². The van der Waals surface area contributed by atoms with Gasteiger partial charge >= 0.3 is 5.97 Å². The highest BCUT2D eigenvalue weighted by Gasteiger charge is 2.28. The number of benzene rings is 1. The van der Waals surface area contributed by atoms with E-state index in [2.05, 4.69) is 57.3 Å². The summed E-state index contributed by atoms with van der Waals surface area (Å²) in [4.78, 5) is 30.0. The Morgan fingerprint density at radius 2 is 2.00 bits per heavy atom. The second-order valence-corrected chi connectivity index (χ2v) is 11.4. The largest absolute Gasteiger partial charge is 0.426 e. The van der Waals surface area contributed by atoms with E-state index in [-0.39, 0.29) is 30.8 Å². The molecule has 1 fully saturated rings. The zero-order valence-electron chi connectivity index (χ0n) is 21.5. The van der Waals surface area contributed by atoms with E-state index in [9.17, 15) is 9.59 Å². The maximum atomic E-state index is 12.9. The van der Waals surface area contributed by atoms with Gasteiger partial charge in [-0.2, -0.15) is 0 Å². The summed E-state index contributed by atoms with van der Waals surface area (Å²) in [5.41, 5.74) is 11.5. The van der Waals surface area contributed by atoms with Crippen LogP contribution in [0.1, 0.15) is 60.3 Å². The van der Waals surface area contributed by atoms with E-state index in [0.29, 0.717) is 17.4 Å². The van der Waals surface area contributed by atoms with E-state index in [4.69, 9.17) is 10.3 Å². The van der Waals surface area contributed by atoms with Crippen LogP contribution in [0.2, 0.25) is 0 Å². The normalized spacial score (nSPS) is 17.4. The summed E-state index contributed by atoms with van der Waals surface area (Å²) in [5, 5.41) is 10.4. The van der Waals surface area contributed by atoms with E-state index in [1.54, 1.807) is 46.9 Å². The number of nitrogens with zero attached hydrogens (tertiary/aromatic N) is 3. The first-order valence-electron chi connectivity index (χ1n) is 12.9. The van der Waals surface area contributed by atoms with Crippen molar-refractivity contribution in [2.45, 2.75) is 51.9 Å². The molecule has 1 aromatic carbocycles. The number of thiophene rings is 2. The first kappa shape index (κ1) is 27.6. The van der Waals surface area contributed by atoms with Crippen molar-refractivity contribution < 1.29 is 14.3 Å². The van der Waals surface area contributed by atoms with Gasteiger partial charge in [-0.15, -0.1) is 22.7 Å². The number of azide groups is 1. The van der Waals surface area contributed by atoms with Gasteiger partial charge in [0.05, 0.1) is 5.92 Å². The lowest BCUT2D eigenvalue weighted by Crippen LogP contribution is -2.26. The summed E-state index contributed by atoms with van der Waals surface area (Å²) >= 11 is 3.57. The van der Waals surface area contributed by atoms with Crippen molar-refractivity contribution in [3.05, 3.63) is 85.1 Å². The minimum atomic E-state index is -0.238. The number of nitrogens with one attached hydrogen (secondary N) is 1. The summed E-state index contributed by atoms with van der Waals surface area (Å²) in [7, 11) is 0. The number of esters is 1. The highest BCUT2D eigenvalue weighted by atomic mass is 32.1. The number of aryl methyl sites for hydroxylation is 1. The summed E-state index contributed by atoms with van der Waals surface area (Å²) in [6.07, 6.45) is 8.46. The molecule has 2 aromatic heterocycles. The average Bonchev–Trinajstić information content (AvgIpc) is 3.60. The summed E-state index contributed by atoms with van der Waals surface area (Å²) < 4.78 is 5.68. The molecule has 4 rings (SSSR count). The third-order valence-electron chi connectivity index (χ3n) is 6.79. The highest BCUT2D eigenvalue weighted by Crippen LogP contribution is 2.36. The van der Waals surface area contributed by atoms with Crippen LogP contribution in [0.3, 0.4) is 0 Å². The Balaban J connectivity index is 1.28. The van der Waals surface area contributed by atoms with Gasteiger partial charge in [-0.3, -0.25) is 9.59 Å². The Morgan fingerprint density at radius 1 is 1.16 bits per heavy atom. The fraction of sp³-hybridized carbons (Fsp3) is 0.379. The molecule has 1 N–H and O–H groups in total. The molecule has 1 aliphatic carbocycles. The SMILES string of the molecule is Cc1ccsc1/C(=C\CCC1CCC[C@@H](C(=O)Oc2ccc(NC(=O)CCN=[N+]=[N-])cc2)C1)c1cccs1. The van der Waals surface area contributed by atoms with E-state index >= 15 is 0 Å². The van der Waals surface area contributed by atoms with Gasteiger partial charge in [-0.05, 0) is 96.8 Å². The van der Waals surface area contributed by atoms with Crippen molar-refractivity contribution in [1.29, 1.82) is 0 Å². The van der Waals surface area contributed by atoms with E-state index in [0.717, 1.165) is 38.5 Å². The molecule has 0 spiro atoms. The van der Waals surface area contributed by atoms with Crippen LogP contribution in [0.5, 0.6) is 5.75 Å². The Labute approximate surface area is 231 Å². The molecule has 1 amide bonds. The molecule has 1 aliphatic rings. The smallest absolute Gasteiger partial charge is 0.314 e. The maximum absolute atomic E-state index is 12.9. The number of ether oxygens (including phenoxy) is 1. The number of anilines is 1. The molecule has 2 heterocycles. The molecule has 0 saturated heterocycles. The maximum Gasteiger partial charge on any atom is 0.314 e. The number of allylic oxidation sites excluding steroid dienone is 1. The van der Waals surface area contributed by atoms with Crippen LogP contribution < -0.4 is 10.1 Å². The van der Waals surface area contributed by atoms with Gasteiger partial charge in [0.1, 0.15) is 5.75 Å². The first-order chi connectivity index (χ1) is 18.5. The van der Waals surface area contributed by atoms with E-state index in [1.165, 1.54) is 20.9 Å². The molecule has 0 bridgehead atoms. The number of hydrogen-bond acceptors (Lipinski definition) is 6. The lowest BCUT2D eigenvalue weighted by molar-refractivity contribution is -0.140. The average molecular weight is 549 g/mol. The lowest BCUT2D eigenvalue weighted by Gasteiger charge is -2.27. The number of amides is 1. The quantitative estimate of drug-likeness (QED) is 0.0855. The molecule has 1 unspecified atom stereocenters. The molecule has 2 atom stereocenters. The Kier molecular flexibility index (Phi) is 10.1. The first-order valence-corrected chi connectivity index (χ1v) is 14.7. The predicted molar refractivity (Wildman–Crippen MR) is 154 cm³/mol. The third kappa shape index (κ3) is 7.81. The van der Waals surface area contributed by atoms with Crippen molar-refractivity contribution in [3.63, 3.8) is 0 Å². The molecule has 1 saturated carbocycles. The van der Waals surface area contributed by atoms with Crippen molar-refractivity contribution in [3.8, 4) is 5.75 Å². The highest BCUT2D eigenvalue weighted by molar-refractivity contribution is 7.13. The zero-order valence-corrected chi connectivity index (χ0v) is 23.1. The second-order valence-electron chi connectivity index (χ2n) is 9.53. The van der Waals surface area contributed by atoms with Crippen LogP contribution in [-0.4, -0.2) is 18.4 Å². The monoisotopic (exact) mass is 548 g/mol. The van der Waals surface area contributed by atoms with Crippen LogP contribution >= 0.6 is 22.7 Å². The van der Waals surface area contributed by atoms with Gasteiger partial charge in [-0.1, -0.05) is 30.1 Å². The van der Waals surface area contributed by atoms with Crippen molar-refractivity contribution in [1.82, 2.24) is 0 Å². The Bertz CT molecular complexity index is 1290. The third-order valence-corrected chi connectivity index (χ3v) is 8.74. The zero-order chi connectivity index (χ0) is 26.7. The van der Waals surface area contributed by atoms with Gasteiger partial charge in [0, 0.05) is 38.9 Å². The van der Waals surface area contributed by atoms with Crippen LogP contribution in [-0.2, 0) is 9.59 Å². The van der Waals surface area contributed by atoms with Crippen LogP contribution in [0.15, 0.2) is 64.4 Å². The fourth-order valence-corrected chi connectivity index (χ4v) is 6.66. The van der Waals surface area contributed by atoms with Crippen LogP contribution in [0, 0.1) is 18.8 Å². The number of carbonyl (C=O) groups is 2. The minimum absolute atomic E-state index is 0.0888. The summed E-state index contributed by atoms with van der Waals surface area (Å²) in [6, 6.07) is 13.2. The van der Waals surface area contributed by atoms with Gasteiger partial charge in [-0.25, -0.2) is 0 Å². The van der Waals surface area contributed by atoms with Crippen LogP contribution in [0.25, 0.3) is 16.0 Å². The second kappa shape index (κ2) is 14.0. The molecule has 3 aromatic rings. The van der Waals surface area contributed by atoms with Gasteiger partial charge in [0.25, 0.3) is 0 Å². The topological polar surface area (TPSA) is 104 Å². The van der Waals surface area contributed by atoms with Crippen molar-refractivity contribution in [2.75, 3.05) is 11.9 Å². The number of rotatable bonds is 11. The molecule has 0 aliphatic heterocycles. The molecule has 198 valence electrons. The Hall–Kier alpha value is -3.39. The summed E-state index contributed by atoms with van der Waals surface area (Å²) in [6.45, 7) is 2.28. The lowest BCUT2D eigenvalue weighted by atomic mass is 9.79. The predicted octanol–water partition coefficient (Wildman–Crippen LogP) is 8.38. The van der Waals surface area contributed by atoms with Crippen LogP contribution in [0.4, 0.5) is 5.69 Å². The number of carbonyl (C=O) groups excluding carboxylic acids is 2. The summed E-state index contributed by atoms with van der Waals surface area (Å²) in [5.74, 6) is 0.478. The number of hydrogen-bond donors (Lipinski definition) is 1. The minimum Gasteiger partial charge on any atom is -0.426 e. The standard InChI is InChI=1S/C29H32N4O3S2/c1-20-15-18-38-28(20)25(26-9-4-17-37-26)8-3-6-21-5-2-7-22(19-21)29(35)36-24-12-10-23(11-13-24)32-27(34)14-16-31-33-30/h4,8-13,15,17-18,21-22H,2-3,5-7,14,16,19H2,1H3,(H,32,34)/b25-8-/t21?,22-/m1/s1. The molecular formula is C29H32N4O3S2. The molecule has 9 heteroatoms. The van der Waals surface area contributed by atoms with Gasteiger partial charge in [0.2, 0.25) is 5.91 Å². The molecular weight excluding hydrogens is 516 g/mol. The van der Waals surface area contributed by atoms with E-state index < -0.39 is 0 Å². The fourth-order valence-electron chi connectivity index (χ4n) is 4.84.